The molecule has 0 spiro atoms. The van der Waals surface area contributed by atoms with Gasteiger partial charge < -0.3 is 0 Å². The van der Waals surface area contributed by atoms with E-state index in [0.29, 0.717) is 10.7 Å². The van der Waals surface area contributed by atoms with Gasteiger partial charge in [0.15, 0.2) is 11.5 Å². The molecule has 0 unspecified atom stereocenters. The topological polar surface area (TPSA) is 42.2 Å². The predicted octanol–water partition coefficient (Wildman–Crippen LogP) is 3.35. The van der Waals surface area contributed by atoms with Crippen molar-refractivity contribution in [2.45, 2.75) is 0 Å². The van der Waals surface area contributed by atoms with E-state index in [9.17, 15) is 4.48 Å². The minimum Gasteiger partial charge on any atom is -0.235 e. The Morgan fingerprint density at radius 1 is 1.22 bits per heavy atom. The van der Waals surface area contributed by atoms with Crippen LogP contribution in [-0.4, -0.2) is 14.6 Å². The van der Waals surface area contributed by atoms with Crippen molar-refractivity contribution in [1.29, 1.82) is 0 Å². The summed E-state index contributed by atoms with van der Waals surface area (Å²) in [5.74, 6) is 0.128. The fourth-order valence-corrected chi connectivity index (χ4v) is 1.96. The average molecular weight is 263 g/mol. The van der Waals surface area contributed by atoms with E-state index in [-0.39, 0.29) is 5.82 Å². The quantitative estimate of drug-likeness (QED) is 0.720. The van der Waals surface area contributed by atoms with Crippen LogP contribution >= 0.6 is 11.6 Å². The van der Waals surface area contributed by atoms with Gasteiger partial charge in [-0.3, -0.25) is 0 Å². The SMILES string of the molecule is FNc1ccc2ncc(-c3cccc(Cl)c3)n2n1. The second-order valence-corrected chi connectivity index (χ2v) is 4.17. The lowest BCUT2D eigenvalue weighted by molar-refractivity contribution is 0.607. The van der Waals surface area contributed by atoms with E-state index >= 15 is 0 Å². The van der Waals surface area contributed by atoms with Crippen LogP contribution in [0.1, 0.15) is 0 Å². The van der Waals surface area contributed by atoms with Crippen molar-refractivity contribution in [1.82, 2.24) is 14.6 Å². The molecular formula is C12H8ClFN4. The highest BCUT2D eigenvalue weighted by atomic mass is 35.5. The van der Waals surface area contributed by atoms with Gasteiger partial charge in [0.2, 0.25) is 0 Å². The molecule has 18 heavy (non-hydrogen) atoms. The Kier molecular flexibility index (Phi) is 2.60. The van der Waals surface area contributed by atoms with E-state index in [1.165, 1.54) is 11.6 Å². The van der Waals surface area contributed by atoms with Crippen LogP contribution in [0.25, 0.3) is 16.9 Å². The fourth-order valence-electron chi connectivity index (χ4n) is 1.77. The third kappa shape index (κ3) is 1.78. The normalized spacial score (nSPS) is 10.8. The Bertz CT molecular complexity index is 710. The van der Waals surface area contributed by atoms with Crippen LogP contribution in [0, 0.1) is 0 Å². The molecule has 0 fully saturated rings. The molecule has 4 nitrogen and oxygen atoms in total. The van der Waals surface area contributed by atoms with Gasteiger partial charge in [-0.2, -0.15) is 0 Å². The zero-order valence-electron chi connectivity index (χ0n) is 9.14. The number of hydrogen-bond donors (Lipinski definition) is 1. The summed E-state index contributed by atoms with van der Waals surface area (Å²) in [6.07, 6.45) is 1.68. The number of halogens is 2. The fraction of sp³-hybridized carbons (Fsp3) is 0. The van der Waals surface area contributed by atoms with Gasteiger partial charge in [0.1, 0.15) is 0 Å². The highest BCUT2D eigenvalue weighted by Gasteiger charge is 2.08. The highest BCUT2D eigenvalue weighted by molar-refractivity contribution is 6.30. The van der Waals surface area contributed by atoms with Gasteiger partial charge in [0.05, 0.1) is 11.9 Å². The van der Waals surface area contributed by atoms with Crippen molar-refractivity contribution in [3.8, 4) is 11.3 Å². The Morgan fingerprint density at radius 3 is 2.89 bits per heavy atom. The van der Waals surface area contributed by atoms with E-state index in [1.807, 2.05) is 18.2 Å². The van der Waals surface area contributed by atoms with Crippen LogP contribution in [0.5, 0.6) is 0 Å². The Balaban J connectivity index is 2.22. The average Bonchev–Trinajstić information content (AvgIpc) is 2.81. The zero-order chi connectivity index (χ0) is 12.5. The van der Waals surface area contributed by atoms with Gasteiger partial charge in [-0.25, -0.2) is 15.0 Å². The van der Waals surface area contributed by atoms with Gasteiger partial charge in [0, 0.05) is 10.6 Å². The Morgan fingerprint density at radius 2 is 2.11 bits per heavy atom. The maximum Gasteiger partial charge on any atom is 0.175 e. The van der Waals surface area contributed by atoms with Crippen LogP contribution < -0.4 is 5.54 Å². The van der Waals surface area contributed by atoms with Gasteiger partial charge in [-0.05, 0) is 24.3 Å². The van der Waals surface area contributed by atoms with Crippen LogP contribution in [0.2, 0.25) is 5.02 Å². The molecule has 0 aliphatic rings. The summed E-state index contributed by atoms with van der Waals surface area (Å²) < 4.78 is 14.0. The van der Waals surface area contributed by atoms with Gasteiger partial charge in [-0.1, -0.05) is 23.7 Å². The predicted molar refractivity (Wildman–Crippen MR) is 68.2 cm³/mol. The number of nitrogens with zero attached hydrogens (tertiary/aromatic N) is 3. The first kappa shape index (κ1) is 11.0. The lowest BCUT2D eigenvalue weighted by Crippen LogP contribution is -1.97. The molecule has 0 aliphatic carbocycles. The number of fused-ring (bicyclic) bond motifs is 1. The van der Waals surface area contributed by atoms with Crippen LogP contribution in [-0.2, 0) is 0 Å². The number of benzene rings is 1. The van der Waals surface area contributed by atoms with E-state index in [0.717, 1.165) is 11.3 Å². The van der Waals surface area contributed by atoms with Crippen molar-refractivity contribution in [2.24, 2.45) is 0 Å². The second kappa shape index (κ2) is 4.27. The van der Waals surface area contributed by atoms with Crippen molar-refractivity contribution >= 4 is 23.1 Å². The lowest BCUT2D eigenvalue weighted by Gasteiger charge is -2.02. The molecule has 0 aliphatic heterocycles. The number of aromatic nitrogens is 3. The maximum atomic E-state index is 12.4. The largest absolute Gasteiger partial charge is 0.235 e. The van der Waals surface area contributed by atoms with Crippen LogP contribution in [0.3, 0.4) is 0 Å². The van der Waals surface area contributed by atoms with Crippen molar-refractivity contribution in [3.05, 3.63) is 47.6 Å². The standard InChI is InChI=1S/C12H8ClFN4/c13-9-3-1-2-8(6-9)10-7-15-12-5-4-11(16-14)17-18(10)12/h1-7H,(H,16,17). The van der Waals surface area contributed by atoms with Crippen molar-refractivity contribution < 1.29 is 4.48 Å². The number of nitrogens with one attached hydrogen (secondary N) is 1. The Labute approximate surface area is 107 Å². The molecule has 0 bridgehead atoms. The summed E-state index contributed by atoms with van der Waals surface area (Å²) in [7, 11) is 0. The molecule has 90 valence electrons. The molecule has 6 heteroatoms. The Hall–Kier alpha value is -2.14. The summed E-state index contributed by atoms with van der Waals surface area (Å²) in [6, 6.07) is 10.5. The number of imidazole rings is 1. The molecule has 0 atom stereocenters. The molecular weight excluding hydrogens is 255 g/mol. The summed E-state index contributed by atoms with van der Waals surface area (Å²) >= 11 is 5.95. The van der Waals surface area contributed by atoms with Crippen LogP contribution in [0.4, 0.5) is 10.3 Å². The van der Waals surface area contributed by atoms with Crippen LogP contribution in [0.15, 0.2) is 42.6 Å². The molecule has 0 amide bonds. The molecule has 2 aromatic heterocycles. The molecule has 3 rings (SSSR count). The van der Waals surface area contributed by atoms with E-state index < -0.39 is 0 Å². The lowest BCUT2D eigenvalue weighted by atomic mass is 10.2. The van der Waals surface area contributed by atoms with E-state index in [1.54, 1.807) is 22.8 Å². The molecule has 1 N–H and O–H groups in total. The van der Waals surface area contributed by atoms with Crippen molar-refractivity contribution in [3.63, 3.8) is 0 Å². The molecule has 1 aromatic carbocycles. The molecule has 0 saturated carbocycles. The number of anilines is 1. The first-order chi connectivity index (χ1) is 8.78. The first-order valence-electron chi connectivity index (χ1n) is 5.25. The number of hydrogen-bond acceptors (Lipinski definition) is 3. The minimum absolute atomic E-state index is 0.128. The van der Waals surface area contributed by atoms with E-state index in [2.05, 4.69) is 10.1 Å². The monoisotopic (exact) mass is 262 g/mol. The van der Waals surface area contributed by atoms with Gasteiger partial charge in [0.25, 0.3) is 0 Å². The maximum absolute atomic E-state index is 12.4. The highest BCUT2D eigenvalue weighted by Crippen LogP contribution is 2.23. The van der Waals surface area contributed by atoms with Gasteiger partial charge >= 0.3 is 0 Å². The first-order valence-corrected chi connectivity index (χ1v) is 5.63. The number of rotatable bonds is 2. The molecule has 0 saturated heterocycles. The smallest absolute Gasteiger partial charge is 0.175 e. The van der Waals surface area contributed by atoms with E-state index in [4.69, 9.17) is 11.6 Å². The second-order valence-electron chi connectivity index (χ2n) is 3.74. The van der Waals surface area contributed by atoms with Gasteiger partial charge in [-0.15, -0.1) is 9.58 Å². The summed E-state index contributed by atoms with van der Waals surface area (Å²) in [4.78, 5) is 4.21. The summed E-state index contributed by atoms with van der Waals surface area (Å²) in [5, 5.41) is 4.71. The zero-order valence-corrected chi connectivity index (χ0v) is 9.89. The minimum atomic E-state index is 0.128. The summed E-state index contributed by atoms with van der Waals surface area (Å²) in [6.45, 7) is 0. The molecule has 0 radical (unpaired) electrons. The molecule has 3 aromatic rings. The third-order valence-corrected chi connectivity index (χ3v) is 2.81. The molecule has 2 heterocycles. The van der Waals surface area contributed by atoms with Crippen molar-refractivity contribution in [2.75, 3.05) is 5.54 Å². The third-order valence-electron chi connectivity index (χ3n) is 2.58. The summed E-state index contributed by atoms with van der Waals surface area (Å²) in [5.41, 5.74) is 3.78.